The summed E-state index contributed by atoms with van der Waals surface area (Å²) in [5.41, 5.74) is 8.45. The molecule has 122 valence electrons. The summed E-state index contributed by atoms with van der Waals surface area (Å²) < 4.78 is 0. The van der Waals surface area contributed by atoms with Crippen molar-refractivity contribution in [2.24, 2.45) is 11.7 Å². The molecule has 0 spiro atoms. The highest BCUT2D eigenvalue weighted by Gasteiger charge is 2.29. The molecule has 3 N–H and O–H groups in total. The number of thiophene rings is 1. The monoisotopic (exact) mass is 328 g/mol. The Bertz CT molecular complexity index is 652. The molecule has 1 fully saturated rings. The van der Waals surface area contributed by atoms with Crippen molar-refractivity contribution in [2.45, 2.75) is 44.7 Å². The summed E-state index contributed by atoms with van der Waals surface area (Å²) in [6.07, 6.45) is 3.51. The molecule has 3 atom stereocenters. The van der Waals surface area contributed by atoms with Crippen LogP contribution < -0.4 is 11.1 Å². The number of carbonyl (C=O) groups is 1. The van der Waals surface area contributed by atoms with Crippen molar-refractivity contribution in [2.75, 3.05) is 0 Å². The first kappa shape index (κ1) is 16.2. The third-order valence-electron chi connectivity index (χ3n) is 4.66. The van der Waals surface area contributed by atoms with Crippen molar-refractivity contribution in [3.8, 4) is 0 Å². The minimum Gasteiger partial charge on any atom is -0.348 e. The summed E-state index contributed by atoms with van der Waals surface area (Å²) in [4.78, 5) is 13.9. The van der Waals surface area contributed by atoms with Crippen LogP contribution in [-0.4, -0.2) is 11.9 Å². The van der Waals surface area contributed by atoms with Crippen molar-refractivity contribution in [3.63, 3.8) is 0 Å². The van der Waals surface area contributed by atoms with E-state index in [4.69, 9.17) is 5.73 Å². The van der Waals surface area contributed by atoms with E-state index in [-0.39, 0.29) is 23.9 Å². The van der Waals surface area contributed by atoms with Gasteiger partial charge in [-0.2, -0.15) is 0 Å². The number of amides is 1. The van der Waals surface area contributed by atoms with E-state index < -0.39 is 0 Å². The Morgan fingerprint density at radius 2 is 2.09 bits per heavy atom. The molecule has 0 radical (unpaired) electrons. The third kappa shape index (κ3) is 4.01. The Balaban J connectivity index is 1.75. The molecule has 0 bridgehead atoms. The summed E-state index contributed by atoms with van der Waals surface area (Å²) in [5, 5.41) is 5.38. The number of aryl methyl sites for hydroxylation is 1. The van der Waals surface area contributed by atoms with Gasteiger partial charge in [-0.05, 0) is 55.2 Å². The zero-order chi connectivity index (χ0) is 16.2. The molecule has 1 heterocycles. The first-order chi connectivity index (χ1) is 11.1. The molecule has 1 aliphatic rings. The van der Waals surface area contributed by atoms with Crippen molar-refractivity contribution in [1.82, 2.24) is 5.32 Å². The number of hydrogen-bond donors (Lipinski definition) is 2. The SMILES string of the molecule is Cc1ccsc1C(Cc1ccccc1)NC(=O)C1CCC(N)C1. The van der Waals surface area contributed by atoms with Gasteiger partial charge in [-0.15, -0.1) is 11.3 Å². The number of rotatable bonds is 5. The maximum Gasteiger partial charge on any atom is 0.223 e. The van der Waals surface area contributed by atoms with Crippen molar-refractivity contribution >= 4 is 17.2 Å². The third-order valence-corrected chi connectivity index (χ3v) is 5.79. The molecule has 0 saturated heterocycles. The predicted molar refractivity (Wildman–Crippen MR) is 95.4 cm³/mol. The van der Waals surface area contributed by atoms with Crippen LogP contribution in [0.2, 0.25) is 0 Å². The average Bonchev–Trinajstić information content (AvgIpc) is 3.16. The van der Waals surface area contributed by atoms with Crippen LogP contribution in [0.25, 0.3) is 0 Å². The van der Waals surface area contributed by atoms with E-state index in [1.54, 1.807) is 11.3 Å². The molecule has 1 saturated carbocycles. The summed E-state index contributed by atoms with van der Waals surface area (Å²) in [5.74, 6) is 0.232. The minimum absolute atomic E-state index is 0.0433. The van der Waals surface area contributed by atoms with Crippen LogP contribution in [0.4, 0.5) is 0 Å². The van der Waals surface area contributed by atoms with Crippen LogP contribution in [0.3, 0.4) is 0 Å². The zero-order valence-electron chi connectivity index (χ0n) is 13.5. The smallest absolute Gasteiger partial charge is 0.223 e. The number of nitrogens with two attached hydrogens (primary N) is 1. The van der Waals surface area contributed by atoms with Gasteiger partial charge in [0.2, 0.25) is 5.91 Å². The largest absolute Gasteiger partial charge is 0.348 e. The van der Waals surface area contributed by atoms with Gasteiger partial charge in [0, 0.05) is 16.8 Å². The van der Waals surface area contributed by atoms with Crippen LogP contribution in [0, 0.1) is 12.8 Å². The molecule has 3 rings (SSSR count). The van der Waals surface area contributed by atoms with Crippen LogP contribution in [0.1, 0.15) is 41.3 Å². The Labute approximate surface area is 141 Å². The number of carbonyl (C=O) groups excluding carboxylic acids is 1. The minimum atomic E-state index is 0.0433. The predicted octanol–water partition coefficient (Wildman–Crippen LogP) is 3.58. The van der Waals surface area contributed by atoms with Crippen molar-refractivity contribution in [3.05, 3.63) is 57.8 Å². The summed E-state index contributed by atoms with van der Waals surface area (Å²) in [6.45, 7) is 2.11. The molecule has 1 aromatic heterocycles. The molecule has 1 aromatic carbocycles. The lowest BCUT2D eigenvalue weighted by Crippen LogP contribution is -2.34. The lowest BCUT2D eigenvalue weighted by Gasteiger charge is -2.21. The van der Waals surface area contributed by atoms with Gasteiger partial charge in [0.1, 0.15) is 0 Å². The Morgan fingerprint density at radius 3 is 2.70 bits per heavy atom. The first-order valence-corrected chi connectivity index (χ1v) is 9.15. The maximum absolute atomic E-state index is 12.6. The van der Waals surface area contributed by atoms with Crippen molar-refractivity contribution in [1.29, 1.82) is 0 Å². The normalized spacial score (nSPS) is 22.0. The molecule has 0 aliphatic heterocycles. The van der Waals surface area contributed by atoms with Gasteiger partial charge in [0.25, 0.3) is 0 Å². The molecule has 1 aliphatic carbocycles. The van der Waals surface area contributed by atoms with Crippen LogP contribution in [-0.2, 0) is 11.2 Å². The van der Waals surface area contributed by atoms with Crippen LogP contribution >= 0.6 is 11.3 Å². The van der Waals surface area contributed by atoms with E-state index in [1.807, 2.05) is 18.2 Å². The fourth-order valence-electron chi connectivity index (χ4n) is 3.34. The van der Waals surface area contributed by atoms with Gasteiger partial charge in [0.05, 0.1) is 6.04 Å². The molecule has 2 aromatic rings. The maximum atomic E-state index is 12.6. The second kappa shape index (κ2) is 7.28. The van der Waals surface area contributed by atoms with E-state index in [0.717, 1.165) is 25.7 Å². The fraction of sp³-hybridized carbons (Fsp3) is 0.421. The lowest BCUT2D eigenvalue weighted by atomic mass is 10.0. The number of hydrogen-bond acceptors (Lipinski definition) is 3. The highest BCUT2D eigenvalue weighted by molar-refractivity contribution is 7.10. The topological polar surface area (TPSA) is 55.1 Å². The first-order valence-electron chi connectivity index (χ1n) is 8.27. The van der Waals surface area contributed by atoms with Gasteiger partial charge in [0.15, 0.2) is 0 Å². The van der Waals surface area contributed by atoms with E-state index in [2.05, 4.69) is 35.8 Å². The zero-order valence-corrected chi connectivity index (χ0v) is 14.3. The van der Waals surface area contributed by atoms with E-state index in [0.29, 0.717) is 0 Å². The van der Waals surface area contributed by atoms with Gasteiger partial charge in [-0.1, -0.05) is 30.3 Å². The van der Waals surface area contributed by atoms with Crippen molar-refractivity contribution < 1.29 is 4.79 Å². The van der Waals surface area contributed by atoms with Gasteiger partial charge in [-0.25, -0.2) is 0 Å². The Kier molecular flexibility index (Phi) is 5.13. The highest BCUT2D eigenvalue weighted by atomic mass is 32.1. The second-order valence-corrected chi connectivity index (χ2v) is 7.44. The molecular formula is C19H24N2OS. The lowest BCUT2D eigenvalue weighted by molar-refractivity contribution is -0.125. The van der Waals surface area contributed by atoms with Crippen LogP contribution in [0.5, 0.6) is 0 Å². The molecule has 3 nitrogen and oxygen atoms in total. The van der Waals surface area contributed by atoms with Crippen LogP contribution in [0.15, 0.2) is 41.8 Å². The Hall–Kier alpha value is -1.65. The summed E-state index contributed by atoms with van der Waals surface area (Å²) in [6, 6.07) is 12.7. The number of benzene rings is 1. The van der Waals surface area contributed by atoms with Gasteiger partial charge >= 0.3 is 0 Å². The molecule has 1 amide bonds. The molecule has 23 heavy (non-hydrogen) atoms. The molecular weight excluding hydrogens is 304 g/mol. The standard InChI is InChI=1S/C19H24N2OS/c1-13-9-10-23-18(13)17(11-14-5-3-2-4-6-14)21-19(22)15-7-8-16(20)12-15/h2-6,9-10,15-17H,7-8,11-12,20H2,1H3,(H,21,22). The molecule has 4 heteroatoms. The van der Waals surface area contributed by atoms with E-state index in [1.165, 1.54) is 16.0 Å². The number of nitrogens with one attached hydrogen (secondary N) is 1. The van der Waals surface area contributed by atoms with Gasteiger partial charge in [-0.3, -0.25) is 4.79 Å². The highest BCUT2D eigenvalue weighted by Crippen LogP contribution is 2.29. The second-order valence-electron chi connectivity index (χ2n) is 6.49. The average molecular weight is 328 g/mol. The van der Waals surface area contributed by atoms with E-state index in [9.17, 15) is 4.79 Å². The fourth-order valence-corrected chi connectivity index (χ4v) is 4.32. The van der Waals surface area contributed by atoms with Gasteiger partial charge < -0.3 is 11.1 Å². The summed E-state index contributed by atoms with van der Waals surface area (Å²) >= 11 is 1.72. The Morgan fingerprint density at radius 1 is 1.30 bits per heavy atom. The summed E-state index contributed by atoms with van der Waals surface area (Å²) in [7, 11) is 0. The molecule has 3 unspecified atom stereocenters. The van der Waals surface area contributed by atoms with E-state index >= 15 is 0 Å². The quantitative estimate of drug-likeness (QED) is 0.881.